The summed E-state index contributed by atoms with van der Waals surface area (Å²) >= 11 is 0. The van der Waals surface area contributed by atoms with Crippen LogP contribution in [0.1, 0.15) is 22.8 Å². The molecule has 1 amide bonds. The Balaban J connectivity index is 2.71. The first-order chi connectivity index (χ1) is 8.06. The van der Waals surface area contributed by atoms with Gasteiger partial charge >= 0.3 is 0 Å². The van der Waals surface area contributed by atoms with Gasteiger partial charge in [0.15, 0.2) is 0 Å². The maximum absolute atomic E-state index is 13.5. The molecule has 94 valence electrons. The second-order valence-electron chi connectivity index (χ2n) is 3.91. The van der Waals surface area contributed by atoms with E-state index in [1.807, 2.05) is 13.8 Å². The number of carbonyl (C=O) groups is 1. The molecule has 4 heteroatoms. The number of rotatable bonds is 5. The summed E-state index contributed by atoms with van der Waals surface area (Å²) in [7, 11) is 1.64. The number of halogens is 1. The van der Waals surface area contributed by atoms with E-state index >= 15 is 0 Å². The van der Waals surface area contributed by atoms with Gasteiger partial charge in [0.25, 0.3) is 5.91 Å². The maximum atomic E-state index is 13.5. The summed E-state index contributed by atoms with van der Waals surface area (Å²) in [5, 5.41) is 0. The van der Waals surface area contributed by atoms with Crippen LogP contribution in [0.15, 0.2) is 18.2 Å². The van der Waals surface area contributed by atoms with Crippen LogP contribution < -0.4 is 0 Å². The van der Waals surface area contributed by atoms with E-state index in [1.165, 1.54) is 11.0 Å². The van der Waals surface area contributed by atoms with E-state index in [0.29, 0.717) is 19.8 Å². The molecule has 0 N–H and O–H groups in total. The second-order valence-corrected chi connectivity index (χ2v) is 3.91. The molecule has 1 aromatic rings. The summed E-state index contributed by atoms with van der Waals surface area (Å²) in [6.45, 7) is 5.26. The van der Waals surface area contributed by atoms with Crippen LogP contribution >= 0.6 is 0 Å². The molecule has 0 aromatic heterocycles. The van der Waals surface area contributed by atoms with Gasteiger partial charge in [0.1, 0.15) is 5.82 Å². The van der Waals surface area contributed by atoms with Crippen LogP contribution in [-0.2, 0) is 4.74 Å². The number of likely N-dealkylation sites (N-methyl/N-ethyl adjacent to an activating group) is 1. The van der Waals surface area contributed by atoms with E-state index in [-0.39, 0.29) is 11.5 Å². The van der Waals surface area contributed by atoms with Crippen molar-refractivity contribution in [2.24, 2.45) is 0 Å². The zero-order valence-corrected chi connectivity index (χ0v) is 10.5. The molecule has 0 bridgehead atoms. The molecule has 0 saturated carbocycles. The fourth-order valence-electron chi connectivity index (χ4n) is 1.46. The standard InChI is InChI=1S/C13H18FNO2/c1-4-17-8-7-15(3)13(16)11-9-10(2)5-6-12(11)14/h5-6,9H,4,7-8H2,1-3H3. The highest BCUT2D eigenvalue weighted by Gasteiger charge is 2.15. The first-order valence-corrected chi connectivity index (χ1v) is 5.65. The largest absolute Gasteiger partial charge is 0.380 e. The summed E-state index contributed by atoms with van der Waals surface area (Å²) in [4.78, 5) is 13.4. The number of nitrogens with zero attached hydrogens (tertiary/aromatic N) is 1. The third kappa shape index (κ3) is 3.82. The van der Waals surface area contributed by atoms with Gasteiger partial charge in [-0.25, -0.2) is 4.39 Å². The molecule has 0 atom stereocenters. The minimum absolute atomic E-state index is 0.115. The SMILES string of the molecule is CCOCCN(C)C(=O)c1cc(C)ccc1F. The Kier molecular flexibility index (Phi) is 5.10. The predicted molar refractivity (Wildman–Crippen MR) is 64.6 cm³/mol. The van der Waals surface area contributed by atoms with Gasteiger partial charge in [-0.2, -0.15) is 0 Å². The monoisotopic (exact) mass is 239 g/mol. The van der Waals surface area contributed by atoms with Crippen LogP contribution in [0.2, 0.25) is 0 Å². The molecule has 0 spiro atoms. The van der Waals surface area contributed by atoms with Crippen LogP contribution in [-0.4, -0.2) is 37.6 Å². The molecule has 1 rings (SSSR count). The van der Waals surface area contributed by atoms with Crippen molar-refractivity contribution in [3.8, 4) is 0 Å². The average molecular weight is 239 g/mol. The Bertz CT molecular complexity index is 393. The molecule has 0 fully saturated rings. The lowest BCUT2D eigenvalue weighted by Crippen LogP contribution is -2.30. The highest BCUT2D eigenvalue weighted by atomic mass is 19.1. The van der Waals surface area contributed by atoms with Crippen molar-refractivity contribution in [3.63, 3.8) is 0 Å². The van der Waals surface area contributed by atoms with Crippen LogP contribution in [0.4, 0.5) is 4.39 Å². The third-order valence-electron chi connectivity index (χ3n) is 2.47. The van der Waals surface area contributed by atoms with Gasteiger partial charge in [0, 0.05) is 20.2 Å². The zero-order chi connectivity index (χ0) is 12.8. The molecule has 17 heavy (non-hydrogen) atoms. The summed E-state index contributed by atoms with van der Waals surface area (Å²) in [5.74, 6) is -0.797. The highest BCUT2D eigenvalue weighted by molar-refractivity contribution is 5.94. The molecule has 0 saturated heterocycles. The minimum Gasteiger partial charge on any atom is -0.380 e. The van der Waals surface area contributed by atoms with E-state index in [1.54, 1.807) is 19.2 Å². The van der Waals surface area contributed by atoms with Crippen molar-refractivity contribution < 1.29 is 13.9 Å². The van der Waals surface area contributed by atoms with Gasteiger partial charge in [-0.15, -0.1) is 0 Å². The third-order valence-corrected chi connectivity index (χ3v) is 2.47. The fourth-order valence-corrected chi connectivity index (χ4v) is 1.46. The van der Waals surface area contributed by atoms with Gasteiger partial charge in [-0.3, -0.25) is 4.79 Å². The van der Waals surface area contributed by atoms with Gasteiger partial charge in [0.05, 0.1) is 12.2 Å². The van der Waals surface area contributed by atoms with Crippen LogP contribution in [0.3, 0.4) is 0 Å². The number of benzene rings is 1. The number of ether oxygens (including phenoxy) is 1. The Morgan fingerprint density at radius 3 is 2.82 bits per heavy atom. The lowest BCUT2D eigenvalue weighted by molar-refractivity contribution is 0.0705. The van der Waals surface area contributed by atoms with Crippen molar-refractivity contribution in [3.05, 3.63) is 35.1 Å². The van der Waals surface area contributed by atoms with Crippen molar-refractivity contribution in [1.29, 1.82) is 0 Å². The predicted octanol–water partition coefficient (Wildman–Crippen LogP) is 2.24. The fraction of sp³-hybridized carbons (Fsp3) is 0.462. The summed E-state index contributed by atoms with van der Waals surface area (Å²) in [6.07, 6.45) is 0. The molecule has 0 heterocycles. The topological polar surface area (TPSA) is 29.5 Å². The van der Waals surface area contributed by atoms with E-state index < -0.39 is 5.82 Å². The maximum Gasteiger partial charge on any atom is 0.256 e. The molecular formula is C13H18FNO2. The van der Waals surface area contributed by atoms with E-state index in [4.69, 9.17) is 4.74 Å². The normalized spacial score (nSPS) is 10.4. The van der Waals surface area contributed by atoms with Crippen molar-refractivity contribution >= 4 is 5.91 Å². The number of aryl methyl sites for hydroxylation is 1. The lowest BCUT2D eigenvalue weighted by Gasteiger charge is -2.17. The quantitative estimate of drug-likeness (QED) is 0.737. The van der Waals surface area contributed by atoms with E-state index in [2.05, 4.69) is 0 Å². The zero-order valence-electron chi connectivity index (χ0n) is 10.5. The Morgan fingerprint density at radius 2 is 2.18 bits per heavy atom. The minimum atomic E-state index is -0.483. The van der Waals surface area contributed by atoms with Gasteiger partial charge in [0.2, 0.25) is 0 Å². The molecule has 1 aromatic carbocycles. The van der Waals surface area contributed by atoms with Crippen LogP contribution in [0, 0.1) is 12.7 Å². The summed E-state index contributed by atoms with van der Waals surface area (Å²) < 4.78 is 18.6. The number of amides is 1. The molecule has 0 aliphatic carbocycles. The summed E-state index contributed by atoms with van der Waals surface area (Å²) in [6, 6.07) is 4.53. The highest BCUT2D eigenvalue weighted by Crippen LogP contribution is 2.12. The number of hydrogen-bond donors (Lipinski definition) is 0. The van der Waals surface area contributed by atoms with Gasteiger partial charge < -0.3 is 9.64 Å². The Hall–Kier alpha value is -1.42. The van der Waals surface area contributed by atoms with Crippen LogP contribution in [0.5, 0.6) is 0 Å². The second kappa shape index (κ2) is 6.35. The van der Waals surface area contributed by atoms with Crippen molar-refractivity contribution in [1.82, 2.24) is 4.90 Å². The lowest BCUT2D eigenvalue weighted by atomic mass is 10.1. The van der Waals surface area contributed by atoms with Crippen molar-refractivity contribution in [2.45, 2.75) is 13.8 Å². The van der Waals surface area contributed by atoms with E-state index in [9.17, 15) is 9.18 Å². The first-order valence-electron chi connectivity index (χ1n) is 5.65. The molecule has 3 nitrogen and oxygen atoms in total. The molecule has 0 aliphatic heterocycles. The van der Waals surface area contributed by atoms with Gasteiger partial charge in [-0.05, 0) is 26.0 Å². The summed E-state index contributed by atoms with van der Waals surface area (Å²) in [5.41, 5.74) is 0.983. The van der Waals surface area contributed by atoms with Gasteiger partial charge in [-0.1, -0.05) is 11.6 Å². The molecule has 0 radical (unpaired) electrons. The van der Waals surface area contributed by atoms with Crippen LogP contribution in [0.25, 0.3) is 0 Å². The molecular weight excluding hydrogens is 221 g/mol. The first kappa shape index (κ1) is 13.6. The average Bonchev–Trinajstić information content (AvgIpc) is 2.31. The molecule has 0 unspecified atom stereocenters. The number of hydrogen-bond acceptors (Lipinski definition) is 2. The van der Waals surface area contributed by atoms with Crippen molar-refractivity contribution in [2.75, 3.05) is 26.8 Å². The smallest absolute Gasteiger partial charge is 0.256 e. The van der Waals surface area contributed by atoms with E-state index in [0.717, 1.165) is 5.56 Å². The molecule has 0 aliphatic rings. The Labute approximate surface area is 101 Å². The number of carbonyl (C=O) groups excluding carboxylic acids is 1. The Morgan fingerprint density at radius 1 is 1.47 bits per heavy atom.